The lowest BCUT2D eigenvalue weighted by atomic mass is 10.1. The van der Waals surface area contributed by atoms with Crippen molar-refractivity contribution in [1.82, 2.24) is 19.2 Å². The minimum Gasteiger partial charge on any atom is -0.508 e. The first-order valence-electron chi connectivity index (χ1n) is 11.3. The fourth-order valence-electron chi connectivity index (χ4n) is 3.90. The predicted molar refractivity (Wildman–Crippen MR) is 129 cm³/mol. The lowest BCUT2D eigenvalue weighted by Gasteiger charge is -2.18. The number of aromatic hydroxyl groups is 1. The van der Waals surface area contributed by atoms with Crippen LogP contribution in [0, 0.1) is 0 Å². The summed E-state index contributed by atoms with van der Waals surface area (Å²) in [6.07, 6.45) is 7.65. The second-order valence-corrected chi connectivity index (χ2v) is 10.2. The van der Waals surface area contributed by atoms with E-state index in [1.807, 2.05) is 16.8 Å². The lowest BCUT2D eigenvalue weighted by molar-refractivity contribution is 0.0952. The highest BCUT2D eigenvalue weighted by Crippen LogP contribution is 2.26. The van der Waals surface area contributed by atoms with Crippen LogP contribution in [0.3, 0.4) is 0 Å². The van der Waals surface area contributed by atoms with Gasteiger partial charge in [-0.15, -0.1) is 0 Å². The molecule has 0 spiro atoms. The normalized spacial score (nSPS) is 14.2. The zero-order valence-corrected chi connectivity index (χ0v) is 19.7. The molecule has 10 heteroatoms. The van der Waals surface area contributed by atoms with E-state index in [2.05, 4.69) is 15.6 Å². The van der Waals surface area contributed by atoms with Crippen molar-refractivity contribution < 1.29 is 18.3 Å². The number of anilines is 1. The fraction of sp³-hybridized carbons (Fsp3) is 0.333. The van der Waals surface area contributed by atoms with Crippen molar-refractivity contribution in [1.29, 1.82) is 0 Å². The molecular weight excluding hydrogens is 454 g/mol. The van der Waals surface area contributed by atoms with Gasteiger partial charge in [-0.1, -0.05) is 18.2 Å². The highest BCUT2D eigenvalue weighted by molar-refractivity contribution is 7.89. The largest absolute Gasteiger partial charge is 0.508 e. The quantitative estimate of drug-likeness (QED) is 0.382. The van der Waals surface area contributed by atoms with Crippen molar-refractivity contribution in [3.05, 3.63) is 72.3 Å². The Hall–Kier alpha value is -3.37. The zero-order chi connectivity index (χ0) is 24.0. The summed E-state index contributed by atoms with van der Waals surface area (Å²) in [6, 6.07) is 11.5. The molecular formula is C24H29N5O4S. The summed E-state index contributed by atoms with van der Waals surface area (Å²) >= 11 is 0. The third-order valence-electron chi connectivity index (χ3n) is 5.78. The van der Waals surface area contributed by atoms with Crippen LogP contribution in [0.2, 0.25) is 0 Å². The number of hydrogen-bond donors (Lipinski definition) is 3. The Morgan fingerprint density at radius 1 is 1.12 bits per heavy atom. The summed E-state index contributed by atoms with van der Waals surface area (Å²) in [4.78, 5) is 17.0. The molecule has 3 aromatic rings. The number of nitrogens with zero attached hydrogens (tertiary/aromatic N) is 3. The average Bonchev–Trinajstić information content (AvgIpc) is 3.56. The van der Waals surface area contributed by atoms with E-state index in [0.29, 0.717) is 37.3 Å². The second-order valence-electron chi connectivity index (χ2n) is 8.25. The number of benzene rings is 2. The van der Waals surface area contributed by atoms with Crippen LogP contribution >= 0.6 is 0 Å². The fourth-order valence-corrected chi connectivity index (χ4v) is 5.49. The van der Waals surface area contributed by atoms with Gasteiger partial charge in [-0.25, -0.2) is 13.4 Å². The van der Waals surface area contributed by atoms with E-state index in [1.165, 1.54) is 10.4 Å². The van der Waals surface area contributed by atoms with E-state index >= 15 is 0 Å². The molecule has 1 aromatic heterocycles. The number of aromatic nitrogens is 2. The van der Waals surface area contributed by atoms with E-state index in [0.717, 1.165) is 19.4 Å². The second kappa shape index (κ2) is 10.7. The molecule has 180 valence electrons. The summed E-state index contributed by atoms with van der Waals surface area (Å²) in [5.74, 6) is -0.193. The monoisotopic (exact) mass is 483 g/mol. The number of para-hydroxylation sites is 1. The Morgan fingerprint density at radius 3 is 2.65 bits per heavy atom. The predicted octanol–water partition coefficient (Wildman–Crippen LogP) is 2.81. The van der Waals surface area contributed by atoms with Crippen LogP contribution < -0.4 is 10.6 Å². The number of carbonyl (C=O) groups excluding carboxylic acids is 1. The van der Waals surface area contributed by atoms with Gasteiger partial charge in [0.15, 0.2) is 0 Å². The molecule has 1 aliphatic rings. The summed E-state index contributed by atoms with van der Waals surface area (Å²) in [7, 11) is -3.71. The highest BCUT2D eigenvalue weighted by Gasteiger charge is 2.28. The Bertz CT molecular complexity index is 1220. The van der Waals surface area contributed by atoms with Crippen molar-refractivity contribution >= 4 is 21.6 Å². The first-order valence-corrected chi connectivity index (χ1v) is 12.8. The molecule has 0 radical (unpaired) electrons. The Morgan fingerprint density at radius 2 is 1.91 bits per heavy atom. The van der Waals surface area contributed by atoms with E-state index < -0.39 is 10.0 Å². The van der Waals surface area contributed by atoms with E-state index in [9.17, 15) is 18.3 Å². The number of aryl methyl sites for hydroxylation is 1. The minimum atomic E-state index is -3.71. The Kier molecular flexibility index (Phi) is 7.49. The molecule has 1 saturated heterocycles. The van der Waals surface area contributed by atoms with Gasteiger partial charge in [0, 0.05) is 61.9 Å². The van der Waals surface area contributed by atoms with Crippen molar-refractivity contribution in [2.75, 3.05) is 25.0 Å². The molecule has 3 N–H and O–H groups in total. The van der Waals surface area contributed by atoms with Crippen molar-refractivity contribution in [3.8, 4) is 5.75 Å². The van der Waals surface area contributed by atoms with E-state index in [1.54, 1.807) is 42.9 Å². The maximum Gasteiger partial charge on any atom is 0.251 e. The first-order chi connectivity index (χ1) is 16.4. The van der Waals surface area contributed by atoms with E-state index in [4.69, 9.17) is 0 Å². The average molecular weight is 484 g/mol. The molecule has 0 aliphatic carbocycles. The zero-order valence-electron chi connectivity index (χ0n) is 18.9. The summed E-state index contributed by atoms with van der Waals surface area (Å²) in [6.45, 7) is 2.41. The molecule has 0 saturated carbocycles. The highest BCUT2D eigenvalue weighted by atomic mass is 32.2. The van der Waals surface area contributed by atoms with Gasteiger partial charge in [0.1, 0.15) is 5.75 Å². The SMILES string of the molecule is O=C(NCCCn1ccnc1)c1cc(NCc2ccccc2O)cc(S(=O)(=O)N2CCCC2)c1. The van der Waals surface area contributed by atoms with Gasteiger partial charge < -0.3 is 20.3 Å². The first kappa shape index (κ1) is 23.8. The number of carbonyl (C=O) groups is 1. The molecule has 1 fully saturated rings. The van der Waals surface area contributed by atoms with Crippen molar-refractivity contribution in [3.63, 3.8) is 0 Å². The number of imidazole rings is 1. The van der Waals surface area contributed by atoms with Gasteiger partial charge in [0.2, 0.25) is 10.0 Å². The molecule has 0 unspecified atom stereocenters. The van der Waals surface area contributed by atoms with Crippen LogP contribution in [0.5, 0.6) is 5.75 Å². The molecule has 0 bridgehead atoms. The molecule has 34 heavy (non-hydrogen) atoms. The number of hydrogen-bond acceptors (Lipinski definition) is 6. The van der Waals surface area contributed by atoms with Gasteiger partial charge >= 0.3 is 0 Å². The summed E-state index contributed by atoms with van der Waals surface area (Å²) in [5.41, 5.74) is 1.43. The topological polar surface area (TPSA) is 117 Å². The number of amides is 1. The van der Waals surface area contributed by atoms with Crippen molar-refractivity contribution in [2.45, 2.75) is 37.2 Å². The number of sulfonamides is 1. The number of nitrogens with one attached hydrogen (secondary N) is 2. The van der Waals surface area contributed by atoms with Crippen molar-refractivity contribution in [2.24, 2.45) is 0 Å². The third kappa shape index (κ3) is 5.75. The maximum absolute atomic E-state index is 13.2. The molecule has 1 amide bonds. The number of rotatable bonds is 10. The van der Waals surface area contributed by atoms with Gasteiger partial charge in [0.05, 0.1) is 11.2 Å². The Labute approximate surface area is 199 Å². The summed E-state index contributed by atoms with van der Waals surface area (Å²) in [5, 5.41) is 16.1. The molecule has 2 aromatic carbocycles. The number of phenols is 1. The molecule has 0 atom stereocenters. The Balaban J connectivity index is 1.52. The lowest BCUT2D eigenvalue weighted by Crippen LogP contribution is -2.29. The minimum absolute atomic E-state index is 0.0836. The molecule has 4 rings (SSSR count). The van der Waals surface area contributed by atoms with Gasteiger partial charge in [-0.2, -0.15) is 4.31 Å². The molecule has 1 aliphatic heterocycles. The van der Waals surface area contributed by atoms with Gasteiger partial charge in [-0.05, 0) is 43.5 Å². The van der Waals surface area contributed by atoms with Crippen LogP contribution in [-0.4, -0.2) is 52.9 Å². The van der Waals surface area contributed by atoms with Crippen LogP contribution in [0.25, 0.3) is 0 Å². The van der Waals surface area contributed by atoms with E-state index in [-0.39, 0.29) is 28.7 Å². The van der Waals surface area contributed by atoms with Crippen LogP contribution in [-0.2, 0) is 23.1 Å². The maximum atomic E-state index is 13.2. The van der Waals surface area contributed by atoms with Crippen LogP contribution in [0.4, 0.5) is 5.69 Å². The standard InChI is InChI=1S/C24H29N5O4S/c30-23-7-2-1-6-19(23)17-27-21-14-20(24(31)26-8-5-10-28-13-9-25-18-28)15-22(16-21)34(32,33)29-11-3-4-12-29/h1-2,6-7,9,13-16,18,27,30H,3-5,8,10-12,17H2,(H,26,31). The van der Waals surface area contributed by atoms with Gasteiger partial charge in [-0.3, -0.25) is 4.79 Å². The third-order valence-corrected chi connectivity index (χ3v) is 7.66. The van der Waals surface area contributed by atoms with Crippen LogP contribution in [0.1, 0.15) is 35.2 Å². The molecule has 9 nitrogen and oxygen atoms in total. The number of phenolic OH excluding ortho intramolecular Hbond substituents is 1. The summed E-state index contributed by atoms with van der Waals surface area (Å²) < 4.78 is 29.8. The van der Waals surface area contributed by atoms with Gasteiger partial charge in [0.25, 0.3) is 5.91 Å². The smallest absolute Gasteiger partial charge is 0.251 e. The van der Waals surface area contributed by atoms with Crippen LogP contribution in [0.15, 0.2) is 66.1 Å². The molecule has 2 heterocycles.